The molecular weight excluding hydrogens is 470 g/mol. The van der Waals surface area contributed by atoms with E-state index < -0.39 is 0 Å². The molecule has 0 aliphatic rings. The van der Waals surface area contributed by atoms with Crippen LogP contribution in [0.15, 0.2) is 54.6 Å². The van der Waals surface area contributed by atoms with Gasteiger partial charge in [-0.2, -0.15) is 0 Å². The van der Waals surface area contributed by atoms with Gasteiger partial charge in [0.05, 0.1) is 20.6 Å². The first-order valence-electron chi connectivity index (χ1n) is 15.2. The summed E-state index contributed by atoms with van der Waals surface area (Å²) < 4.78 is 12.3. The van der Waals surface area contributed by atoms with E-state index in [1.54, 1.807) is 0 Å². The van der Waals surface area contributed by atoms with Crippen LogP contribution >= 0.6 is 0 Å². The van der Waals surface area contributed by atoms with Gasteiger partial charge in [0.15, 0.2) is 0 Å². The van der Waals surface area contributed by atoms with Crippen molar-refractivity contribution in [2.75, 3.05) is 33.9 Å². The highest BCUT2D eigenvalue weighted by atomic mass is 16.6. The summed E-state index contributed by atoms with van der Waals surface area (Å²) in [5, 5.41) is 0. The molecule has 0 aliphatic heterocycles. The minimum Gasteiger partial charge on any atom is -0.490 e. The largest absolute Gasteiger partial charge is 0.490 e. The van der Waals surface area contributed by atoms with Crippen LogP contribution < -0.4 is 4.74 Å². The van der Waals surface area contributed by atoms with Gasteiger partial charge in [-0.1, -0.05) is 113 Å². The summed E-state index contributed by atoms with van der Waals surface area (Å²) in [5.74, 6) is 0.804. The molecule has 4 nitrogen and oxygen atoms in total. The Bertz CT molecular complexity index is 865. The molecule has 0 aromatic heterocycles. The fourth-order valence-electron chi connectivity index (χ4n) is 5.00. The van der Waals surface area contributed by atoms with Crippen LogP contribution in [0.3, 0.4) is 0 Å². The van der Waals surface area contributed by atoms with Gasteiger partial charge in [-0.25, -0.2) is 0 Å². The minimum atomic E-state index is -0.124. The number of hydrogen-bond donors (Lipinski definition) is 0. The number of carbonyl (C=O) groups excluding carboxylic acids is 1. The SMILES string of the molecule is CCCCCCCCCCCCc1ccccc1OCCOC(=O)CCCC[N+](C)(C)Cc1ccccc1. The maximum Gasteiger partial charge on any atom is 0.305 e. The number of aryl methyl sites for hydroxylation is 1. The van der Waals surface area contributed by atoms with Crippen molar-refractivity contribution in [3.05, 3.63) is 65.7 Å². The molecule has 2 aromatic carbocycles. The Morgan fingerprint density at radius 2 is 1.34 bits per heavy atom. The lowest BCUT2D eigenvalue weighted by Gasteiger charge is -2.30. The lowest BCUT2D eigenvalue weighted by Crippen LogP contribution is -2.39. The van der Waals surface area contributed by atoms with Crippen molar-refractivity contribution in [2.24, 2.45) is 0 Å². The zero-order chi connectivity index (χ0) is 27.3. The fraction of sp³-hybridized carbons (Fsp3) is 0.618. The van der Waals surface area contributed by atoms with Crippen LogP contribution in [0.25, 0.3) is 0 Å². The number of ether oxygens (including phenoxy) is 2. The molecule has 0 heterocycles. The molecule has 0 amide bonds. The molecule has 0 bridgehead atoms. The summed E-state index contributed by atoms with van der Waals surface area (Å²) in [6, 6.07) is 18.9. The highest BCUT2D eigenvalue weighted by Crippen LogP contribution is 2.21. The number of hydrogen-bond acceptors (Lipinski definition) is 3. The van der Waals surface area contributed by atoms with E-state index in [4.69, 9.17) is 9.47 Å². The Morgan fingerprint density at radius 3 is 2.05 bits per heavy atom. The molecule has 212 valence electrons. The van der Waals surface area contributed by atoms with Crippen LogP contribution in [0, 0.1) is 0 Å². The van der Waals surface area contributed by atoms with E-state index in [2.05, 4.69) is 63.5 Å². The standard InChI is InChI=1S/C34H54NO3/c1-4-5-6-7-8-9-10-11-12-16-23-32-24-17-18-25-33(32)37-28-29-38-34(36)26-19-20-27-35(2,3)30-31-21-14-13-15-22-31/h13-15,17-18,21-22,24-25H,4-12,16,19-20,23,26-30H2,1-3H3/q+1. The topological polar surface area (TPSA) is 35.5 Å². The van der Waals surface area contributed by atoms with Crippen molar-refractivity contribution in [1.29, 1.82) is 0 Å². The Kier molecular flexibility index (Phi) is 16.5. The predicted octanol–water partition coefficient (Wildman–Crippen LogP) is 8.52. The monoisotopic (exact) mass is 524 g/mol. The highest BCUT2D eigenvalue weighted by molar-refractivity contribution is 5.69. The molecular formula is C34H54NO3+. The zero-order valence-electron chi connectivity index (χ0n) is 24.6. The molecule has 0 spiro atoms. The smallest absolute Gasteiger partial charge is 0.305 e. The number of quaternary nitrogens is 1. The summed E-state index contributed by atoms with van der Waals surface area (Å²) in [5.41, 5.74) is 2.61. The summed E-state index contributed by atoms with van der Waals surface area (Å²) >= 11 is 0. The van der Waals surface area contributed by atoms with Gasteiger partial charge in [0.25, 0.3) is 0 Å². The van der Waals surface area contributed by atoms with E-state index in [1.165, 1.54) is 75.3 Å². The van der Waals surface area contributed by atoms with Crippen molar-refractivity contribution in [3.8, 4) is 5.75 Å². The van der Waals surface area contributed by atoms with Crippen molar-refractivity contribution in [3.63, 3.8) is 0 Å². The van der Waals surface area contributed by atoms with Crippen LogP contribution in [0.1, 0.15) is 102 Å². The second-order valence-electron chi connectivity index (χ2n) is 11.4. The maximum atomic E-state index is 12.2. The van der Waals surface area contributed by atoms with Crippen LogP contribution in [0.4, 0.5) is 0 Å². The van der Waals surface area contributed by atoms with Crippen LogP contribution in [-0.2, 0) is 22.5 Å². The summed E-state index contributed by atoms with van der Waals surface area (Å²) in [6.45, 7) is 5.03. The van der Waals surface area contributed by atoms with Gasteiger partial charge in [-0.15, -0.1) is 0 Å². The van der Waals surface area contributed by atoms with E-state index in [0.717, 1.165) is 42.6 Å². The number of para-hydroxylation sites is 1. The fourth-order valence-corrected chi connectivity index (χ4v) is 5.00. The first-order valence-corrected chi connectivity index (χ1v) is 15.2. The summed E-state index contributed by atoms with van der Waals surface area (Å²) in [4.78, 5) is 12.2. The molecule has 0 aliphatic carbocycles. The van der Waals surface area contributed by atoms with Gasteiger partial charge < -0.3 is 14.0 Å². The van der Waals surface area contributed by atoms with E-state index in [-0.39, 0.29) is 5.97 Å². The molecule has 0 unspecified atom stereocenters. The first kappa shape index (κ1) is 31.9. The number of rotatable bonds is 22. The second kappa shape index (κ2) is 19.7. The van der Waals surface area contributed by atoms with Crippen LogP contribution in [0.5, 0.6) is 5.75 Å². The van der Waals surface area contributed by atoms with Gasteiger partial charge in [0, 0.05) is 12.0 Å². The van der Waals surface area contributed by atoms with Crippen LogP contribution in [-0.4, -0.2) is 44.3 Å². The first-order chi connectivity index (χ1) is 18.5. The normalized spacial score (nSPS) is 11.4. The number of unbranched alkanes of at least 4 members (excludes halogenated alkanes) is 10. The summed E-state index contributed by atoms with van der Waals surface area (Å²) in [7, 11) is 4.49. The van der Waals surface area contributed by atoms with E-state index in [9.17, 15) is 4.79 Å². The highest BCUT2D eigenvalue weighted by Gasteiger charge is 2.15. The van der Waals surface area contributed by atoms with E-state index in [1.807, 2.05) is 12.1 Å². The molecule has 0 atom stereocenters. The predicted molar refractivity (Wildman–Crippen MR) is 159 cm³/mol. The number of nitrogens with zero attached hydrogens (tertiary/aromatic N) is 1. The maximum absolute atomic E-state index is 12.2. The van der Waals surface area contributed by atoms with Crippen LogP contribution in [0.2, 0.25) is 0 Å². The molecule has 38 heavy (non-hydrogen) atoms. The van der Waals surface area contributed by atoms with Crippen molar-refractivity contribution < 1.29 is 18.8 Å². The Hall–Kier alpha value is -2.33. The lowest BCUT2D eigenvalue weighted by molar-refractivity contribution is -0.903. The number of benzene rings is 2. The van der Waals surface area contributed by atoms with Gasteiger partial charge in [-0.05, 0) is 37.3 Å². The van der Waals surface area contributed by atoms with Gasteiger partial charge >= 0.3 is 5.97 Å². The molecule has 0 radical (unpaired) electrons. The second-order valence-corrected chi connectivity index (χ2v) is 11.4. The minimum absolute atomic E-state index is 0.124. The molecule has 2 rings (SSSR count). The molecule has 0 fully saturated rings. The Labute approximate surface area is 233 Å². The third-order valence-corrected chi connectivity index (χ3v) is 7.22. The van der Waals surface area contributed by atoms with Gasteiger partial charge in [-0.3, -0.25) is 4.79 Å². The Balaban J connectivity index is 1.52. The van der Waals surface area contributed by atoms with Gasteiger partial charge in [0.1, 0.15) is 25.5 Å². The lowest BCUT2D eigenvalue weighted by atomic mass is 10.0. The average Bonchev–Trinajstić information content (AvgIpc) is 2.91. The summed E-state index contributed by atoms with van der Waals surface area (Å²) in [6.07, 6.45) is 16.9. The molecule has 0 saturated carbocycles. The quantitative estimate of drug-likeness (QED) is 0.0879. The Morgan fingerprint density at radius 1 is 0.711 bits per heavy atom. The third kappa shape index (κ3) is 15.2. The number of esters is 1. The van der Waals surface area contributed by atoms with E-state index in [0.29, 0.717) is 19.6 Å². The third-order valence-electron chi connectivity index (χ3n) is 7.22. The molecule has 0 saturated heterocycles. The van der Waals surface area contributed by atoms with Crippen molar-refractivity contribution in [2.45, 2.75) is 103 Å². The molecule has 4 heteroatoms. The van der Waals surface area contributed by atoms with Crippen molar-refractivity contribution >= 4 is 5.97 Å². The average molecular weight is 525 g/mol. The zero-order valence-corrected chi connectivity index (χ0v) is 24.6. The van der Waals surface area contributed by atoms with E-state index >= 15 is 0 Å². The molecule has 2 aromatic rings. The van der Waals surface area contributed by atoms with Gasteiger partial charge in [0.2, 0.25) is 0 Å². The molecule has 0 N–H and O–H groups in total. The van der Waals surface area contributed by atoms with Crippen molar-refractivity contribution in [1.82, 2.24) is 0 Å². The number of carbonyl (C=O) groups is 1.